The van der Waals surface area contributed by atoms with Crippen LogP contribution in [0, 0.1) is 11.3 Å². The largest absolute Gasteiger partial charge is 0.376 e. The molecule has 0 aromatic carbocycles. The monoisotopic (exact) mass is 252 g/mol. The molecule has 1 aliphatic heterocycles. The molecule has 0 N–H and O–H groups in total. The fraction of sp³-hybridized carbons (Fsp3) is 0.250. The fourth-order valence-corrected chi connectivity index (χ4v) is 1.24. The van der Waals surface area contributed by atoms with Crippen molar-refractivity contribution in [2.75, 3.05) is 0 Å². The van der Waals surface area contributed by atoms with Crippen molar-refractivity contribution in [3.05, 3.63) is 22.7 Å². The summed E-state index contributed by atoms with van der Waals surface area (Å²) in [6.45, 7) is 0. The highest BCUT2D eigenvalue weighted by atomic mass is 79.9. The van der Waals surface area contributed by atoms with Gasteiger partial charge in [0.25, 0.3) is 0 Å². The molecule has 0 spiro atoms. The van der Waals surface area contributed by atoms with Gasteiger partial charge in [0, 0.05) is 12.4 Å². The summed E-state index contributed by atoms with van der Waals surface area (Å²) in [5.41, 5.74) is 0.615. The van der Waals surface area contributed by atoms with Crippen LogP contribution in [0.5, 0.6) is 0 Å². The van der Waals surface area contributed by atoms with Crippen LogP contribution >= 0.6 is 15.9 Å². The molecule has 5 nitrogen and oxygen atoms in total. The second-order valence-electron chi connectivity index (χ2n) is 2.69. The fourth-order valence-electron chi connectivity index (χ4n) is 1.04. The van der Waals surface area contributed by atoms with E-state index in [9.17, 15) is 0 Å². The zero-order chi connectivity index (χ0) is 9.97. The van der Waals surface area contributed by atoms with Crippen LogP contribution in [0.15, 0.2) is 22.0 Å². The van der Waals surface area contributed by atoms with Crippen molar-refractivity contribution in [1.29, 1.82) is 5.26 Å². The van der Waals surface area contributed by atoms with Crippen molar-refractivity contribution in [1.82, 2.24) is 9.97 Å². The van der Waals surface area contributed by atoms with Gasteiger partial charge in [0.1, 0.15) is 11.8 Å². The molecule has 1 aliphatic rings. The Morgan fingerprint density at radius 1 is 1.50 bits per heavy atom. The number of hydrogen-bond donors (Lipinski definition) is 0. The second-order valence-corrected chi connectivity index (χ2v) is 3.61. The third kappa shape index (κ3) is 1.72. The Bertz CT molecular complexity index is 408. The minimum atomic E-state index is -0.503. The minimum absolute atomic E-state index is 0.443. The van der Waals surface area contributed by atoms with Gasteiger partial charge in [0.2, 0.25) is 6.10 Å². The van der Waals surface area contributed by atoms with E-state index in [0.29, 0.717) is 18.0 Å². The maximum absolute atomic E-state index is 8.58. The number of nitrogens with zero attached hydrogens (tertiary/aromatic N) is 4. The van der Waals surface area contributed by atoms with Gasteiger partial charge >= 0.3 is 0 Å². The summed E-state index contributed by atoms with van der Waals surface area (Å²) < 4.78 is 0.803. The summed E-state index contributed by atoms with van der Waals surface area (Å²) in [7, 11) is 0. The summed E-state index contributed by atoms with van der Waals surface area (Å²) in [5, 5.41) is 12.3. The first-order valence-electron chi connectivity index (χ1n) is 3.90. The molecule has 0 amide bonds. The van der Waals surface area contributed by atoms with Crippen LogP contribution < -0.4 is 0 Å². The van der Waals surface area contributed by atoms with E-state index >= 15 is 0 Å². The average Bonchev–Trinajstić information content (AvgIpc) is 2.67. The van der Waals surface area contributed by atoms with Gasteiger partial charge in [-0.25, -0.2) is 9.97 Å². The predicted molar refractivity (Wildman–Crippen MR) is 51.4 cm³/mol. The number of nitriles is 1. The van der Waals surface area contributed by atoms with Crippen LogP contribution in [0.4, 0.5) is 0 Å². The molecule has 0 radical (unpaired) electrons. The van der Waals surface area contributed by atoms with Crippen LogP contribution in [0.25, 0.3) is 0 Å². The van der Waals surface area contributed by atoms with E-state index < -0.39 is 6.10 Å². The number of aromatic nitrogens is 2. The van der Waals surface area contributed by atoms with Crippen LogP contribution in [-0.4, -0.2) is 21.8 Å². The molecule has 14 heavy (non-hydrogen) atoms. The lowest BCUT2D eigenvalue weighted by atomic mass is 10.2. The number of rotatable bonds is 1. The van der Waals surface area contributed by atoms with Crippen LogP contribution in [-0.2, 0) is 4.84 Å². The molecule has 1 aromatic rings. The van der Waals surface area contributed by atoms with E-state index in [1.54, 1.807) is 12.4 Å². The molecule has 1 unspecified atom stereocenters. The highest BCUT2D eigenvalue weighted by Crippen LogP contribution is 2.14. The van der Waals surface area contributed by atoms with Crippen LogP contribution in [0.1, 0.15) is 12.2 Å². The summed E-state index contributed by atoms with van der Waals surface area (Å²) in [6.07, 6.45) is 3.20. The number of halogens is 1. The highest BCUT2D eigenvalue weighted by Gasteiger charge is 2.23. The van der Waals surface area contributed by atoms with Gasteiger partial charge in [-0.2, -0.15) is 5.26 Å². The second kappa shape index (κ2) is 3.72. The maximum atomic E-state index is 8.58. The Balaban J connectivity index is 2.18. The molecule has 0 aliphatic carbocycles. The molecule has 1 aromatic heterocycles. The molecule has 0 saturated carbocycles. The quantitative estimate of drug-likeness (QED) is 0.755. The molecule has 2 heterocycles. The minimum Gasteiger partial charge on any atom is -0.376 e. The number of hydrogen-bond acceptors (Lipinski definition) is 5. The van der Waals surface area contributed by atoms with Crippen molar-refractivity contribution >= 4 is 21.6 Å². The lowest BCUT2D eigenvalue weighted by molar-refractivity contribution is 0.125. The molecule has 6 heteroatoms. The van der Waals surface area contributed by atoms with E-state index in [0.717, 1.165) is 4.47 Å². The third-order valence-corrected chi connectivity index (χ3v) is 2.10. The van der Waals surface area contributed by atoms with Crippen molar-refractivity contribution < 1.29 is 4.84 Å². The molecule has 0 fully saturated rings. The third-order valence-electron chi connectivity index (χ3n) is 1.69. The normalized spacial score (nSPS) is 19.7. The van der Waals surface area contributed by atoms with Crippen molar-refractivity contribution in [2.45, 2.75) is 12.5 Å². The van der Waals surface area contributed by atoms with Gasteiger partial charge in [-0.1, -0.05) is 5.16 Å². The predicted octanol–water partition coefficient (Wildman–Crippen LogP) is 1.26. The summed E-state index contributed by atoms with van der Waals surface area (Å²) in [4.78, 5) is 12.9. The Labute approximate surface area is 88.5 Å². The Hall–Kier alpha value is -1.48. The standard InChI is InChI=1S/C8H5BrN4O/c9-5-3-11-8(12-4-5)7-1-6(2-10)14-13-7/h3-4,6H,1H2. The van der Waals surface area contributed by atoms with E-state index in [-0.39, 0.29) is 0 Å². The van der Waals surface area contributed by atoms with Crippen molar-refractivity contribution in [3.63, 3.8) is 0 Å². The number of oxime groups is 1. The van der Waals surface area contributed by atoms with Gasteiger partial charge in [0.15, 0.2) is 5.82 Å². The highest BCUT2D eigenvalue weighted by molar-refractivity contribution is 9.10. The first-order valence-corrected chi connectivity index (χ1v) is 4.69. The lowest BCUT2D eigenvalue weighted by Crippen LogP contribution is -2.08. The topological polar surface area (TPSA) is 71.2 Å². The Kier molecular flexibility index (Phi) is 2.41. The molecular formula is C8H5BrN4O. The smallest absolute Gasteiger partial charge is 0.218 e. The first kappa shape index (κ1) is 9.09. The first-order chi connectivity index (χ1) is 6.79. The van der Waals surface area contributed by atoms with Crippen molar-refractivity contribution in [2.24, 2.45) is 5.16 Å². The average molecular weight is 253 g/mol. The molecule has 0 bridgehead atoms. The molecule has 70 valence electrons. The Morgan fingerprint density at radius 2 is 2.21 bits per heavy atom. The van der Waals surface area contributed by atoms with Gasteiger partial charge < -0.3 is 4.84 Å². The van der Waals surface area contributed by atoms with E-state index in [4.69, 9.17) is 10.1 Å². The van der Waals surface area contributed by atoms with E-state index in [1.807, 2.05) is 6.07 Å². The lowest BCUT2D eigenvalue weighted by Gasteiger charge is -1.95. The van der Waals surface area contributed by atoms with Gasteiger partial charge in [-0.15, -0.1) is 0 Å². The van der Waals surface area contributed by atoms with Gasteiger partial charge in [-0.05, 0) is 15.9 Å². The van der Waals surface area contributed by atoms with E-state index in [2.05, 4.69) is 31.1 Å². The zero-order valence-corrected chi connectivity index (χ0v) is 8.60. The van der Waals surface area contributed by atoms with Gasteiger partial charge in [0.05, 0.1) is 10.9 Å². The SMILES string of the molecule is N#CC1CC(c2ncc(Br)cn2)=NO1. The van der Waals surface area contributed by atoms with Crippen LogP contribution in [0.3, 0.4) is 0 Å². The van der Waals surface area contributed by atoms with Crippen LogP contribution in [0.2, 0.25) is 0 Å². The molecule has 2 rings (SSSR count). The molecule has 1 atom stereocenters. The molecule has 0 saturated heterocycles. The maximum Gasteiger partial charge on any atom is 0.218 e. The summed E-state index contributed by atoms with van der Waals surface area (Å²) >= 11 is 3.23. The van der Waals surface area contributed by atoms with Gasteiger partial charge in [-0.3, -0.25) is 0 Å². The van der Waals surface area contributed by atoms with E-state index in [1.165, 1.54) is 0 Å². The van der Waals surface area contributed by atoms with Crippen molar-refractivity contribution in [3.8, 4) is 6.07 Å². The molecular weight excluding hydrogens is 248 g/mol. The summed E-state index contributed by atoms with van der Waals surface area (Å²) in [5.74, 6) is 0.506. The summed E-state index contributed by atoms with van der Waals surface area (Å²) in [6, 6.07) is 1.97. The zero-order valence-electron chi connectivity index (χ0n) is 7.01. The Morgan fingerprint density at radius 3 is 2.79 bits per heavy atom.